The molecule has 1 N–H and O–H groups in total. The first-order valence-electron chi connectivity index (χ1n) is 5.04. The number of fused-ring (bicyclic) bond motifs is 1. The fraction of sp³-hybridized carbons (Fsp3) is 0.364. The Labute approximate surface area is 103 Å². The molecule has 1 aliphatic rings. The van der Waals surface area contributed by atoms with Gasteiger partial charge in [-0.1, -0.05) is 11.6 Å². The van der Waals surface area contributed by atoms with E-state index in [1.807, 2.05) is 11.9 Å². The van der Waals surface area contributed by atoms with Gasteiger partial charge in [0.1, 0.15) is 12.2 Å². The average Bonchev–Trinajstić information content (AvgIpc) is 2.28. The van der Waals surface area contributed by atoms with Gasteiger partial charge >= 0.3 is 5.97 Å². The molecule has 1 aromatic carbocycles. The Morgan fingerprint density at radius 3 is 2.94 bits per heavy atom. The standard InChI is InChI=1S/C11H12ClNO4/c1-13-3-4-17-10-7(13)5-6(12)9(16-2)8(10)11(14)15/h5H,3-4H2,1-2H3,(H,14,15). The summed E-state index contributed by atoms with van der Waals surface area (Å²) in [5.74, 6) is -0.670. The van der Waals surface area contributed by atoms with Crippen LogP contribution in [0.5, 0.6) is 11.5 Å². The van der Waals surface area contributed by atoms with Crippen LogP contribution in [0.1, 0.15) is 10.4 Å². The fourth-order valence-corrected chi connectivity index (χ4v) is 2.11. The summed E-state index contributed by atoms with van der Waals surface area (Å²) in [5, 5.41) is 9.49. The van der Waals surface area contributed by atoms with Crippen molar-refractivity contribution in [3.05, 3.63) is 16.7 Å². The van der Waals surface area contributed by atoms with Gasteiger partial charge in [0.25, 0.3) is 0 Å². The third-order valence-corrected chi connectivity index (χ3v) is 2.95. The van der Waals surface area contributed by atoms with Gasteiger partial charge in [-0.3, -0.25) is 0 Å². The van der Waals surface area contributed by atoms with Crippen molar-refractivity contribution in [1.29, 1.82) is 0 Å². The average molecular weight is 258 g/mol. The maximum Gasteiger partial charge on any atom is 0.343 e. The molecule has 0 aromatic heterocycles. The minimum atomic E-state index is -1.11. The molecule has 0 aliphatic carbocycles. The highest BCUT2D eigenvalue weighted by molar-refractivity contribution is 6.33. The maximum atomic E-state index is 11.3. The normalized spacial score (nSPS) is 13.9. The summed E-state index contributed by atoms with van der Waals surface area (Å²) in [6.07, 6.45) is 0. The van der Waals surface area contributed by atoms with Gasteiger partial charge < -0.3 is 19.5 Å². The van der Waals surface area contributed by atoms with Gasteiger partial charge in [0.2, 0.25) is 0 Å². The molecule has 1 aromatic rings. The number of halogens is 1. The summed E-state index contributed by atoms with van der Waals surface area (Å²) in [4.78, 5) is 13.2. The topological polar surface area (TPSA) is 59.0 Å². The second-order valence-corrected chi connectivity index (χ2v) is 4.10. The van der Waals surface area contributed by atoms with Crippen LogP contribution in [-0.2, 0) is 0 Å². The van der Waals surface area contributed by atoms with E-state index in [0.717, 1.165) is 0 Å². The molecular weight excluding hydrogens is 246 g/mol. The summed E-state index contributed by atoms with van der Waals surface area (Å²) >= 11 is 6.01. The van der Waals surface area contributed by atoms with Crippen LogP contribution in [0.25, 0.3) is 0 Å². The number of hydrogen-bond acceptors (Lipinski definition) is 4. The van der Waals surface area contributed by atoms with E-state index in [9.17, 15) is 9.90 Å². The van der Waals surface area contributed by atoms with Gasteiger partial charge in [-0.05, 0) is 6.07 Å². The first kappa shape index (κ1) is 11.9. The predicted molar refractivity (Wildman–Crippen MR) is 63.7 cm³/mol. The Balaban J connectivity index is 2.72. The van der Waals surface area contributed by atoms with E-state index in [0.29, 0.717) is 24.6 Å². The Kier molecular flexibility index (Phi) is 3.02. The molecule has 0 bridgehead atoms. The molecule has 1 aliphatic heterocycles. The molecule has 0 saturated carbocycles. The van der Waals surface area contributed by atoms with Gasteiger partial charge in [-0.25, -0.2) is 4.79 Å². The van der Waals surface area contributed by atoms with Crippen molar-refractivity contribution >= 4 is 23.3 Å². The highest BCUT2D eigenvalue weighted by atomic mass is 35.5. The number of methoxy groups -OCH3 is 1. The zero-order chi connectivity index (χ0) is 12.6. The molecule has 6 heteroatoms. The second kappa shape index (κ2) is 4.33. The van der Waals surface area contributed by atoms with Crippen LogP contribution in [0.4, 0.5) is 5.69 Å². The van der Waals surface area contributed by atoms with Crippen LogP contribution in [0.2, 0.25) is 5.02 Å². The number of aromatic carboxylic acids is 1. The Bertz CT molecular complexity index is 475. The van der Waals surface area contributed by atoms with E-state index < -0.39 is 5.97 Å². The summed E-state index contributed by atoms with van der Waals surface area (Å²) in [6, 6.07) is 1.65. The van der Waals surface area contributed by atoms with E-state index >= 15 is 0 Å². The lowest BCUT2D eigenvalue weighted by atomic mass is 10.1. The highest BCUT2D eigenvalue weighted by Gasteiger charge is 2.28. The van der Waals surface area contributed by atoms with Gasteiger partial charge in [0.15, 0.2) is 11.5 Å². The Morgan fingerprint density at radius 1 is 1.65 bits per heavy atom. The molecule has 0 fully saturated rings. The Morgan fingerprint density at radius 2 is 2.35 bits per heavy atom. The number of benzene rings is 1. The number of hydrogen-bond donors (Lipinski definition) is 1. The van der Waals surface area contributed by atoms with Crippen LogP contribution in [0.3, 0.4) is 0 Å². The monoisotopic (exact) mass is 257 g/mol. The quantitative estimate of drug-likeness (QED) is 0.877. The third kappa shape index (κ3) is 1.86. The van der Waals surface area contributed by atoms with E-state index in [-0.39, 0.29) is 16.3 Å². The van der Waals surface area contributed by atoms with Gasteiger partial charge in [0.05, 0.1) is 24.4 Å². The highest BCUT2D eigenvalue weighted by Crippen LogP contribution is 2.44. The number of rotatable bonds is 2. The lowest BCUT2D eigenvalue weighted by molar-refractivity contribution is 0.0688. The fourth-order valence-electron chi connectivity index (χ4n) is 1.83. The minimum absolute atomic E-state index is 0.0263. The molecule has 0 atom stereocenters. The van der Waals surface area contributed by atoms with E-state index in [2.05, 4.69) is 0 Å². The molecule has 0 amide bonds. The van der Waals surface area contributed by atoms with E-state index in [1.165, 1.54) is 7.11 Å². The molecular formula is C11H12ClNO4. The van der Waals surface area contributed by atoms with Crippen molar-refractivity contribution < 1.29 is 19.4 Å². The molecule has 1 heterocycles. The molecule has 0 saturated heterocycles. The molecule has 0 spiro atoms. The van der Waals surface area contributed by atoms with Gasteiger partial charge in [0, 0.05) is 7.05 Å². The van der Waals surface area contributed by atoms with Crippen molar-refractivity contribution in [2.45, 2.75) is 0 Å². The van der Waals surface area contributed by atoms with Crippen LogP contribution in [0.15, 0.2) is 6.07 Å². The zero-order valence-electron chi connectivity index (χ0n) is 9.49. The smallest absolute Gasteiger partial charge is 0.343 e. The number of carboxylic acid groups (broad SMARTS) is 1. The summed E-state index contributed by atoms with van der Waals surface area (Å²) in [6.45, 7) is 1.13. The minimum Gasteiger partial charge on any atom is -0.494 e. The van der Waals surface area contributed by atoms with Crippen molar-refractivity contribution in [2.24, 2.45) is 0 Å². The van der Waals surface area contributed by atoms with Crippen LogP contribution < -0.4 is 14.4 Å². The number of anilines is 1. The van der Waals surface area contributed by atoms with Gasteiger partial charge in [-0.15, -0.1) is 0 Å². The largest absolute Gasteiger partial charge is 0.494 e. The van der Waals surface area contributed by atoms with E-state index in [4.69, 9.17) is 21.1 Å². The molecule has 2 rings (SSSR count). The summed E-state index contributed by atoms with van der Waals surface area (Å²) < 4.78 is 10.5. The zero-order valence-corrected chi connectivity index (χ0v) is 10.2. The van der Waals surface area contributed by atoms with E-state index in [1.54, 1.807) is 6.07 Å². The summed E-state index contributed by atoms with van der Waals surface area (Å²) in [5.41, 5.74) is 0.640. The third-order valence-electron chi connectivity index (χ3n) is 2.67. The van der Waals surface area contributed by atoms with Crippen molar-refractivity contribution in [3.63, 3.8) is 0 Å². The van der Waals surface area contributed by atoms with Crippen LogP contribution >= 0.6 is 11.6 Å². The maximum absolute atomic E-state index is 11.3. The second-order valence-electron chi connectivity index (χ2n) is 3.69. The number of likely N-dealkylation sites (N-methyl/N-ethyl adjacent to an activating group) is 1. The molecule has 92 valence electrons. The molecule has 0 unspecified atom stereocenters. The predicted octanol–water partition coefficient (Wildman–Crippen LogP) is 1.88. The van der Waals surface area contributed by atoms with Crippen molar-refractivity contribution in [2.75, 3.05) is 32.2 Å². The van der Waals surface area contributed by atoms with Crippen LogP contribution in [-0.4, -0.2) is 38.4 Å². The SMILES string of the molecule is COc1c(Cl)cc2c(c1C(=O)O)OCCN2C. The Hall–Kier alpha value is -1.62. The number of nitrogens with zero attached hydrogens (tertiary/aromatic N) is 1. The van der Waals surface area contributed by atoms with Crippen molar-refractivity contribution in [1.82, 2.24) is 0 Å². The number of carbonyl (C=O) groups is 1. The van der Waals surface area contributed by atoms with Gasteiger partial charge in [-0.2, -0.15) is 0 Å². The molecule has 0 radical (unpaired) electrons. The summed E-state index contributed by atoms with van der Waals surface area (Å²) in [7, 11) is 3.24. The number of carboxylic acids is 1. The first-order chi connectivity index (χ1) is 8.06. The lowest BCUT2D eigenvalue weighted by Gasteiger charge is -2.29. The van der Waals surface area contributed by atoms with Crippen LogP contribution in [0, 0.1) is 0 Å². The number of ether oxygens (including phenoxy) is 2. The lowest BCUT2D eigenvalue weighted by Crippen LogP contribution is -2.30. The first-order valence-corrected chi connectivity index (χ1v) is 5.41. The molecule has 17 heavy (non-hydrogen) atoms. The van der Waals surface area contributed by atoms with Crippen molar-refractivity contribution in [3.8, 4) is 11.5 Å². The molecule has 5 nitrogen and oxygen atoms in total.